The number of ether oxygens (including phenoxy) is 1. The highest BCUT2D eigenvalue weighted by Gasteiger charge is 2.38. The van der Waals surface area contributed by atoms with Gasteiger partial charge in [0, 0.05) is 38.9 Å². The maximum absolute atomic E-state index is 14.0. The number of hydrogen-bond donors (Lipinski definition) is 1. The van der Waals surface area contributed by atoms with E-state index in [1.165, 1.54) is 12.1 Å². The van der Waals surface area contributed by atoms with E-state index in [0.717, 1.165) is 0 Å². The van der Waals surface area contributed by atoms with Crippen LogP contribution in [-0.2, 0) is 11.3 Å². The summed E-state index contributed by atoms with van der Waals surface area (Å²) in [6.07, 6.45) is 1.25. The lowest BCUT2D eigenvalue weighted by Crippen LogP contribution is -2.51. The maximum atomic E-state index is 14.0. The molecule has 1 fully saturated rings. The lowest BCUT2D eigenvalue weighted by Gasteiger charge is -2.43. The first-order valence-corrected chi connectivity index (χ1v) is 8.19. The average molecular weight is 350 g/mol. The van der Waals surface area contributed by atoms with Crippen molar-refractivity contribution in [1.29, 1.82) is 0 Å². The molecule has 0 aliphatic carbocycles. The second-order valence-electron chi connectivity index (χ2n) is 6.05. The molecule has 1 aliphatic rings. The van der Waals surface area contributed by atoms with Gasteiger partial charge in [-0.3, -0.25) is 4.90 Å². The number of halogens is 3. The van der Waals surface area contributed by atoms with Gasteiger partial charge in [-0.15, -0.1) is 0 Å². The summed E-state index contributed by atoms with van der Waals surface area (Å²) in [5.41, 5.74) is -0.299. The summed E-state index contributed by atoms with van der Waals surface area (Å²) in [5.74, 6) is -0.264. The third kappa shape index (κ3) is 3.92. The molecule has 1 aromatic rings. The van der Waals surface area contributed by atoms with E-state index in [0.29, 0.717) is 49.7 Å². The first-order valence-electron chi connectivity index (χ1n) is 7.43. The van der Waals surface area contributed by atoms with Crippen molar-refractivity contribution in [2.75, 3.05) is 26.8 Å². The smallest absolute Gasteiger partial charge is 0.129 e. The first-order chi connectivity index (χ1) is 10.4. The predicted octanol–water partition coefficient (Wildman–Crippen LogP) is 3.74. The Morgan fingerprint density at radius 2 is 2.18 bits per heavy atom. The zero-order chi connectivity index (χ0) is 16.3. The fourth-order valence-electron chi connectivity index (χ4n) is 2.98. The molecule has 0 saturated carbocycles. The number of nitrogens with zero attached hydrogens (tertiary/aromatic N) is 1. The number of rotatable bonds is 5. The van der Waals surface area contributed by atoms with Crippen molar-refractivity contribution in [2.24, 2.45) is 5.92 Å². The van der Waals surface area contributed by atoms with Gasteiger partial charge in [0.25, 0.3) is 0 Å². The third-order valence-corrected chi connectivity index (χ3v) is 5.41. The second-order valence-corrected chi connectivity index (χ2v) is 6.84. The van der Waals surface area contributed by atoms with Gasteiger partial charge in [0.1, 0.15) is 5.82 Å². The molecule has 22 heavy (non-hydrogen) atoms. The summed E-state index contributed by atoms with van der Waals surface area (Å²) in [5, 5.41) is 11.3. The van der Waals surface area contributed by atoms with Gasteiger partial charge < -0.3 is 9.84 Å². The first kappa shape index (κ1) is 18.0. The minimum absolute atomic E-state index is 0.0809. The molecular weight excluding hydrogens is 328 g/mol. The Bertz CT molecular complexity index is 529. The van der Waals surface area contributed by atoms with Crippen molar-refractivity contribution < 1.29 is 14.2 Å². The van der Waals surface area contributed by atoms with Gasteiger partial charge in [0.05, 0.1) is 15.6 Å². The fourth-order valence-corrected chi connectivity index (χ4v) is 3.37. The fraction of sp³-hybridized carbons (Fsp3) is 0.625. The van der Waals surface area contributed by atoms with Crippen molar-refractivity contribution in [2.45, 2.75) is 31.9 Å². The third-order valence-electron chi connectivity index (χ3n) is 4.57. The number of methoxy groups -OCH3 is 1. The van der Waals surface area contributed by atoms with Crippen LogP contribution in [0.4, 0.5) is 4.39 Å². The van der Waals surface area contributed by atoms with Crippen molar-refractivity contribution in [3.8, 4) is 0 Å². The topological polar surface area (TPSA) is 32.7 Å². The van der Waals surface area contributed by atoms with Crippen LogP contribution in [0.25, 0.3) is 0 Å². The van der Waals surface area contributed by atoms with Crippen LogP contribution in [0.1, 0.15) is 25.3 Å². The van der Waals surface area contributed by atoms with Crippen LogP contribution in [0, 0.1) is 11.7 Å². The highest BCUT2D eigenvalue weighted by Crippen LogP contribution is 2.34. The molecule has 1 N–H and O–H groups in total. The van der Waals surface area contributed by atoms with Crippen LogP contribution < -0.4 is 0 Å². The van der Waals surface area contributed by atoms with Gasteiger partial charge in [-0.05, 0) is 30.9 Å². The lowest BCUT2D eigenvalue weighted by molar-refractivity contribution is -0.0828. The van der Waals surface area contributed by atoms with Crippen LogP contribution >= 0.6 is 23.2 Å². The summed E-state index contributed by atoms with van der Waals surface area (Å²) in [6.45, 7) is 4.32. The molecule has 2 atom stereocenters. The van der Waals surface area contributed by atoms with Gasteiger partial charge in [0.2, 0.25) is 0 Å². The summed E-state index contributed by atoms with van der Waals surface area (Å²) in [7, 11) is 1.63. The highest BCUT2D eigenvalue weighted by atomic mass is 35.5. The predicted molar refractivity (Wildman–Crippen MR) is 86.9 cm³/mol. The molecule has 2 rings (SSSR count). The van der Waals surface area contributed by atoms with E-state index >= 15 is 0 Å². The van der Waals surface area contributed by atoms with E-state index < -0.39 is 5.60 Å². The summed E-state index contributed by atoms with van der Waals surface area (Å²) in [6, 6.07) is 2.80. The Hall–Kier alpha value is -0.390. The molecule has 3 nitrogen and oxygen atoms in total. The second kappa shape index (κ2) is 7.45. The summed E-state index contributed by atoms with van der Waals surface area (Å²) >= 11 is 12.1. The molecule has 6 heteroatoms. The van der Waals surface area contributed by atoms with Crippen LogP contribution in [0.5, 0.6) is 0 Å². The van der Waals surface area contributed by atoms with Crippen LogP contribution in [0.3, 0.4) is 0 Å². The standard InChI is InChI=1S/C16H22Cl2FNO2/c1-11-9-20(7-5-16(11,21)6-8-22-2)10-12-14(19)4-3-13(17)15(12)18/h3-4,11,21H,5-10H2,1-2H3/t11-,16-/m1/s1. The summed E-state index contributed by atoms with van der Waals surface area (Å²) < 4.78 is 19.0. The number of benzene rings is 1. The van der Waals surface area contributed by atoms with Crippen LogP contribution in [0.15, 0.2) is 12.1 Å². The number of hydrogen-bond acceptors (Lipinski definition) is 3. The molecule has 1 saturated heterocycles. The molecule has 0 radical (unpaired) electrons. The van der Waals surface area contributed by atoms with E-state index in [4.69, 9.17) is 27.9 Å². The highest BCUT2D eigenvalue weighted by molar-refractivity contribution is 6.42. The number of piperidine rings is 1. The van der Waals surface area contributed by atoms with E-state index in [-0.39, 0.29) is 16.8 Å². The van der Waals surface area contributed by atoms with E-state index in [9.17, 15) is 9.50 Å². The van der Waals surface area contributed by atoms with E-state index in [2.05, 4.69) is 4.90 Å². The largest absolute Gasteiger partial charge is 0.389 e. The van der Waals surface area contributed by atoms with E-state index in [1.807, 2.05) is 6.92 Å². The summed E-state index contributed by atoms with van der Waals surface area (Å²) in [4.78, 5) is 2.10. The van der Waals surface area contributed by atoms with Crippen molar-refractivity contribution in [3.63, 3.8) is 0 Å². The van der Waals surface area contributed by atoms with Gasteiger partial charge >= 0.3 is 0 Å². The SMILES string of the molecule is COCC[C@]1(O)CCN(Cc2c(F)ccc(Cl)c2Cl)C[C@H]1C. The number of aliphatic hydroxyl groups is 1. The van der Waals surface area contributed by atoms with Gasteiger partial charge in [-0.1, -0.05) is 30.1 Å². The zero-order valence-electron chi connectivity index (χ0n) is 12.9. The minimum Gasteiger partial charge on any atom is -0.389 e. The van der Waals surface area contributed by atoms with Crippen molar-refractivity contribution in [1.82, 2.24) is 4.90 Å². The Morgan fingerprint density at radius 3 is 2.82 bits per heavy atom. The molecule has 1 heterocycles. The molecule has 0 amide bonds. The van der Waals surface area contributed by atoms with E-state index in [1.54, 1.807) is 7.11 Å². The molecule has 1 aromatic carbocycles. The number of likely N-dealkylation sites (tertiary alicyclic amines) is 1. The molecular formula is C16H22Cl2FNO2. The molecule has 0 aromatic heterocycles. The molecule has 0 bridgehead atoms. The normalized spacial score (nSPS) is 26.4. The zero-order valence-corrected chi connectivity index (χ0v) is 14.4. The van der Waals surface area contributed by atoms with Crippen LogP contribution in [-0.4, -0.2) is 42.4 Å². The van der Waals surface area contributed by atoms with Gasteiger partial charge in [-0.2, -0.15) is 0 Å². The monoisotopic (exact) mass is 349 g/mol. The minimum atomic E-state index is -0.719. The molecule has 124 valence electrons. The molecule has 0 unspecified atom stereocenters. The molecule has 0 spiro atoms. The van der Waals surface area contributed by atoms with Crippen molar-refractivity contribution >= 4 is 23.2 Å². The quantitative estimate of drug-likeness (QED) is 0.821. The van der Waals surface area contributed by atoms with Crippen molar-refractivity contribution in [3.05, 3.63) is 33.6 Å². The maximum Gasteiger partial charge on any atom is 0.129 e. The Balaban J connectivity index is 2.04. The average Bonchev–Trinajstić information content (AvgIpc) is 2.49. The Labute approximate surface area is 141 Å². The van der Waals surface area contributed by atoms with Crippen LogP contribution in [0.2, 0.25) is 10.0 Å². The Morgan fingerprint density at radius 1 is 1.45 bits per heavy atom. The van der Waals surface area contributed by atoms with Gasteiger partial charge in [0.15, 0.2) is 0 Å². The Kier molecular flexibility index (Phi) is 6.08. The molecule has 1 aliphatic heterocycles. The van der Waals surface area contributed by atoms with Gasteiger partial charge in [-0.25, -0.2) is 4.39 Å². The lowest BCUT2D eigenvalue weighted by atomic mass is 9.80.